The second kappa shape index (κ2) is 6.74. The number of anilines is 2. The summed E-state index contributed by atoms with van der Waals surface area (Å²) >= 11 is 0. The second-order valence-corrected chi connectivity index (χ2v) is 5.72. The van der Waals surface area contributed by atoms with E-state index in [4.69, 9.17) is 4.74 Å². The van der Waals surface area contributed by atoms with Crippen LogP contribution in [0.2, 0.25) is 0 Å². The minimum absolute atomic E-state index is 0.144. The smallest absolute Gasteiger partial charge is 0.256 e. The van der Waals surface area contributed by atoms with Gasteiger partial charge in [-0.05, 0) is 36.2 Å². The first-order valence-corrected chi connectivity index (χ1v) is 7.98. The number of nitrogens with zero attached hydrogens (tertiary/aromatic N) is 1. The Morgan fingerprint density at radius 3 is 2.58 bits per heavy atom. The van der Waals surface area contributed by atoms with E-state index in [-0.39, 0.29) is 18.2 Å². The van der Waals surface area contributed by atoms with E-state index >= 15 is 0 Å². The highest BCUT2D eigenvalue weighted by Crippen LogP contribution is 2.26. The van der Waals surface area contributed by atoms with Crippen molar-refractivity contribution in [1.29, 1.82) is 0 Å². The fourth-order valence-electron chi connectivity index (χ4n) is 2.81. The quantitative estimate of drug-likeness (QED) is 0.859. The summed E-state index contributed by atoms with van der Waals surface area (Å²) in [6.07, 6.45) is 1.06. The highest BCUT2D eigenvalue weighted by molar-refractivity contribution is 6.23. The molecule has 1 atom stereocenters. The molecule has 5 heteroatoms. The largest absolute Gasteiger partial charge is 0.497 e. The number of aryl methyl sites for hydroxylation is 1. The van der Waals surface area contributed by atoms with Crippen LogP contribution in [-0.4, -0.2) is 25.0 Å². The number of ether oxygens (including phenoxy) is 1. The van der Waals surface area contributed by atoms with E-state index < -0.39 is 6.04 Å². The summed E-state index contributed by atoms with van der Waals surface area (Å²) in [4.78, 5) is 26.2. The SMILES string of the molecule is CCc1ccc(N2C(=O)C[C@@H](Nc3cccc(OC)c3)C2=O)cc1. The van der Waals surface area contributed by atoms with Gasteiger partial charge in [0, 0.05) is 11.8 Å². The lowest BCUT2D eigenvalue weighted by atomic mass is 10.1. The van der Waals surface area contributed by atoms with Crippen molar-refractivity contribution in [2.45, 2.75) is 25.8 Å². The number of nitrogens with one attached hydrogen (secondary N) is 1. The van der Waals surface area contributed by atoms with Crippen molar-refractivity contribution in [3.05, 3.63) is 54.1 Å². The number of imide groups is 1. The van der Waals surface area contributed by atoms with Gasteiger partial charge in [0.2, 0.25) is 5.91 Å². The first-order chi connectivity index (χ1) is 11.6. The number of rotatable bonds is 5. The summed E-state index contributed by atoms with van der Waals surface area (Å²) in [6, 6.07) is 14.3. The number of carbonyl (C=O) groups excluding carboxylic acids is 2. The van der Waals surface area contributed by atoms with Gasteiger partial charge in [0.1, 0.15) is 11.8 Å². The maximum absolute atomic E-state index is 12.6. The van der Waals surface area contributed by atoms with Gasteiger partial charge in [-0.3, -0.25) is 9.59 Å². The molecule has 5 nitrogen and oxygen atoms in total. The lowest BCUT2D eigenvalue weighted by molar-refractivity contribution is -0.121. The van der Waals surface area contributed by atoms with Crippen LogP contribution in [-0.2, 0) is 16.0 Å². The van der Waals surface area contributed by atoms with E-state index in [0.29, 0.717) is 11.4 Å². The normalized spacial score (nSPS) is 17.2. The van der Waals surface area contributed by atoms with Crippen LogP contribution < -0.4 is 15.0 Å². The first-order valence-electron chi connectivity index (χ1n) is 7.98. The number of carbonyl (C=O) groups is 2. The topological polar surface area (TPSA) is 58.6 Å². The molecule has 1 aliphatic rings. The molecule has 24 heavy (non-hydrogen) atoms. The Kier molecular flexibility index (Phi) is 4.51. The van der Waals surface area contributed by atoms with Gasteiger partial charge in [-0.2, -0.15) is 0 Å². The average Bonchev–Trinajstić information content (AvgIpc) is 2.89. The number of methoxy groups -OCH3 is 1. The summed E-state index contributed by atoms with van der Waals surface area (Å²) in [7, 11) is 1.59. The monoisotopic (exact) mass is 324 g/mol. The van der Waals surface area contributed by atoms with E-state index in [0.717, 1.165) is 12.1 Å². The third-order valence-corrected chi connectivity index (χ3v) is 4.16. The molecule has 124 valence electrons. The van der Waals surface area contributed by atoms with Gasteiger partial charge < -0.3 is 10.1 Å². The fourth-order valence-corrected chi connectivity index (χ4v) is 2.81. The molecule has 1 N–H and O–H groups in total. The van der Waals surface area contributed by atoms with E-state index in [1.807, 2.05) is 42.5 Å². The maximum atomic E-state index is 12.6. The second-order valence-electron chi connectivity index (χ2n) is 5.72. The molecule has 1 aliphatic heterocycles. The number of hydrogen-bond donors (Lipinski definition) is 1. The fraction of sp³-hybridized carbons (Fsp3) is 0.263. The zero-order valence-electron chi connectivity index (χ0n) is 13.8. The Morgan fingerprint density at radius 2 is 1.92 bits per heavy atom. The molecule has 2 aromatic carbocycles. The van der Waals surface area contributed by atoms with Gasteiger partial charge >= 0.3 is 0 Å². The molecule has 1 fully saturated rings. The molecule has 0 saturated carbocycles. The van der Waals surface area contributed by atoms with Crippen molar-refractivity contribution < 1.29 is 14.3 Å². The molecule has 0 aliphatic carbocycles. The van der Waals surface area contributed by atoms with E-state index in [2.05, 4.69) is 12.2 Å². The summed E-state index contributed by atoms with van der Waals surface area (Å²) in [5, 5.41) is 3.13. The molecule has 0 aromatic heterocycles. The van der Waals surface area contributed by atoms with E-state index in [9.17, 15) is 9.59 Å². The molecule has 1 saturated heterocycles. The molecule has 2 aromatic rings. The lowest BCUT2D eigenvalue weighted by Gasteiger charge is -2.16. The summed E-state index contributed by atoms with van der Waals surface area (Å²) in [6.45, 7) is 2.06. The van der Waals surface area contributed by atoms with Gasteiger partial charge in [0.05, 0.1) is 19.2 Å². The molecule has 0 spiro atoms. The molecule has 2 amide bonds. The Hall–Kier alpha value is -2.82. The van der Waals surface area contributed by atoms with Crippen molar-refractivity contribution >= 4 is 23.2 Å². The minimum Gasteiger partial charge on any atom is -0.497 e. The number of amides is 2. The van der Waals surface area contributed by atoms with Crippen LogP contribution in [0.4, 0.5) is 11.4 Å². The molecule has 0 radical (unpaired) electrons. The lowest BCUT2D eigenvalue weighted by Crippen LogP contribution is -2.34. The predicted molar refractivity (Wildman–Crippen MR) is 93.3 cm³/mol. The Bertz CT molecular complexity index is 755. The van der Waals surface area contributed by atoms with Crippen LogP contribution in [0.1, 0.15) is 18.9 Å². The van der Waals surface area contributed by atoms with Crippen LogP contribution in [0.25, 0.3) is 0 Å². The predicted octanol–water partition coefficient (Wildman–Crippen LogP) is 3.00. The molecular formula is C19H20N2O3. The Morgan fingerprint density at radius 1 is 1.17 bits per heavy atom. The van der Waals surface area contributed by atoms with Crippen molar-refractivity contribution in [3.8, 4) is 5.75 Å². The highest BCUT2D eigenvalue weighted by Gasteiger charge is 2.39. The summed E-state index contributed by atoms with van der Waals surface area (Å²) in [5.41, 5.74) is 2.55. The molecule has 0 unspecified atom stereocenters. The van der Waals surface area contributed by atoms with Crippen molar-refractivity contribution in [3.63, 3.8) is 0 Å². The summed E-state index contributed by atoms with van der Waals surface area (Å²) < 4.78 is 5.18. The molecular weight excluding hydrogens is 304 g/mol. The van der Waals surface area contributed by atoms with Crippen LogP contribution in [0, 0.1) is 0 Å². The van der Waals surface area contributed by atoms with Crippen LogP contribution in [0.15, 0.2) is 48.5 Å². The molecule has 0 bridgehead atoms. The maximum Gasteiger partial charge on any atom is 0.256 e. The van der Waals surface area contributed by atoms with Gasteiger partial charge in [0.25, 0.3) is 5.91 Å². The standard InChI is InChI=1S/C19H20N2O3/c1-3-13-7-9-15(10-8-13)21-18(22)12-17(19(21)23)20-14-5-4-6-16(11-14)24-2/h4-11,17,20H,3,12H2,1-2H3/t17-/m1/s1. The van der Waals surface area contributed by atoms with Gasteiger partial charge in [-0.15, -0.1) is 0 Å². The third kappa shape index (κ3) is 3.11. The van der Waals surface area contributed by atoms with Gasteiger partial charge in [0.15, 0.2) is 0 Å². The highest BCUT2D eigenvalue weighted by atomic mass is 16.5. The molecule has 1 heterocycles. The summed E-state index contributed by atoms with van der Waals surface area (Å²) in [5.74, 6) is 0.278. The third-order valence-electron chi connectivity index (χ3n) is 4.16. The van der Waals surface area contributed by atoms with Crippen LogP contribution in [0.3, 0.4) is 0 Å². The zero-order chi connectivity index (χ0) is 17.1. The van der Waals surface area contributed by atoms with Crippen molar-refractivity contribution in [2.24, 2.45) is 0 Å². The average molecular weight is 324 g/mol. The van der Waals surface area contributed by atoms with Gasteiger partial charge in [-0.25, -0.2) is 4.90 Å². The van der Waals surface area contributed by atoms with E-state index in [1.165, 1.54) is 10.5 Å². The Balaban J connectivity index is 1.77. The van der Waals surface area contributed by atoms with Gasteiger partial charge in [-0.1, -0.05) is 25.1 Å². The van der Waals surface area contributed by atoms with E-state index in [1.54, 1.807) is 13.2 Å². The minimum atomic E-state index is -0.560. The zero-order valence-corrected chi connectivity index (χ0v) is 13.8. The first kappa shape index (κ1) is 16.1. The van der Waals surface area contributed by atoms with Crippen LogP contribution >= 0.6 is 0 Å². The number of hydrogen-bond acceptors (Lipinski definition) is 4. The number of benzene rings is 2. The molecule has 3 rings (SSSR count). The van der Waals surface area contributed by atoms with Crippen LogP contribution in [0.5, 0.6) is 5.75 Å². The Labute approximate surface area is 141 Å². The van der Waals surface area contributed by atoms with Crippen molar-refractivity contribution in [1.82, 2.24) is 0 Å². The van der Waals surface area contributed by atoms with Crippen molar-refractivity contribution in [2.75, 3.05) is 17.3 Å².